The molecular weight excluding hydrogens is 500 g/mol. The molecule has 30 heavy (non-hydrogen) atoms. The molecule has 0 amide bonds. The highest BCUT2D eigenvalue weighted by Gasteiger charge is 2.34. The topological polar surface area (TPSA) is 72.4 Å². The minimum absolute atomic E-state index is 0. The van der Waals surface area contributed by atoms with Crippen LogP contribution in [-0.2, 0) is 4.74 Å². The molecule has 2 fully saturated rings. The van der Waals surface area contributed by atoms with Gasteiger partial charge in [0.05, 0.1) is 6.61 Å². The summed E-state index contributed by atoms with van der Waals surface area (Å²) >= 11 is 0. The molecular formula is C21H35FIN5O2. The van der Waals surface area contributed by atoms with Gasteiger partial charge >= 0.3 is 0 Å². The molecule has 0 saturated carbocycles. The van der Waals surface area contributed by atoms with Crippen molar-refractivity contribution >= 4 is 35.6 Å². The summed E-state index contributed by atoms with van der Waals surface area (Å²) in [6.45, 7) is 8.02. The molecule has 0 aromatic heterocycles. The van der Waals surface area contributed by atoms with Crippen molar-refractivity contribution in [3.8, 4) is 0 Å². The lowest BCUT2D eigenvalue weighted by atomic mass is 9.84. The highest BCUT2D eigenvalue weighted by Crippen LogP contribution is 2.31. The zero-order valence-electron chi connectivity index (χ0n) is 17.8. The second-order valence-electron chi connectivity index (χ2n) is 7.93. The molecule has 0 radical (unpaired) electrons. The van der Waals surface area contributed by atoms with E-state index in [2.05, 4.69) is 25.4 Å². The lowest BCUT2D eigenvalue weighted by Gasteiger charge is -2.36. The van der Waals surface area contributed by atoms with Crippen molar-refractivity contribution in [2.24, 2.45) is 10.4 Å². The number of aliphatic hydroxyl groups excluding tert-OH is 1. The Kier molecular flexibility index (Phi) is 10.6. The summed E-state index contributed by atoms with van der Waals surface area (Å²) in [5, 5.41) is 16.1. The van der Waals surface area contributed by atoms with Gasteiger partial charge in [-0.25, -0.2) is 4.39 Å². The summed E-state index contributed by atoms with van der Waals surface area (Å²) in [6.07, 6.45) is 1.71. The first-order valence-corrected chi connectivity index (χ1v) is 10.5. The van der Waals surface area contributed by atoms with Crippen LogP contribution in [0.2, 0.25) is 0 Å². The van der Waals surface area contributed by atoms with Crippen LogP contribution < -0.4 is 15.5 Å². The average Bonchev–Trinajstić information content (AvgIpc) is 3.21. The van der Waals surface area contributed by atoms with E-state index < -0.39 is 0 Å². The van der Waals surface area contributed by atoms with E-state index in [4.69, 9.17) is 4.74 Å². The van der Waals surface area contributed by atoms with Crippen LogP contribution in [0.25, 0.3) is 0 Å². The van der Waals surface area contributed by atoms with E-state index in [0.717, 1.165) is 76.9 Å². The summed E-state index contributed by atoms with van der Waals surface area (Å²) in [6, 6.07) is 6.74. The van der Waals surface area contributed by atoms with Crippen LogP contribution in [0.1, 0.15) is 12.8 Å². The quantitative estimate of drug-likeness (QED) is 0.267. The van der Waals surface area contributed by atoms with E-state index in [1.807, 2.05) is 12.1 Å². The Morgan fingerprint density at radius 3 is 2.53 bits per heavy atom. The second-order valence-corrected chi connectivity index (χ2v) is 7.93. The molecule has 170 valence electrons. The lowest BCUT2D eigenvalue weighted by Crippen LogP contribution is -2.50. The van der Waals surface area contributed by atoms with Crippen LogP contribution >= 0.6 is 24.0 Å². The van der Waals surface area contributed by atoms with Crippen molar-refractivity contribution in [1.82, 2.24) is 15.5 Å². The molecule has 0 aliphatic carbocycles. The number of nitrogens with zero attached hydrogens (tertiary/aromatic N) is 3. The number of halogens is 2. The summed E-state index contributed by atoms with van der Waals surface area (Å²) < 4.78 is 18.6. The van der Waals surface area contributed by atoms with Gasteiger partial charge in [0.1, 0.15) is 5.82 Å². The Labute approximate surface area is 196 Å². The molecule has 2 saturated heterocycles. The maximum absolute atomic E-state index is 13.1. The fourth-order valence-corrected chi connectivity index (χ4v) is 4.02. The molecule has 1 aromatic carbocycles. The molecule has 3 N–H and O–H groups in total. The average molecular weight is 535 g/mol. The summed E-state index contributed by atoms with van der Waals surface area (Å²) in [4.78, 5) is 9.04. The van der Waals surface area contributed by atoms with E-state index in [0.29, 0.717) is 6.61 Å². The number of rotatable bonds is 8. The third-order valence-electron chi connectivity index (χ3n) is 5.97. The minimum atomic E-state index is -0.191. The molecule has 9 heteroatoms. The number of aliphatic hydroxyl groups is 1. The minimum Gasteiger partial charge on any atom is -0.396 e. The van der Waals surface area contributed by atoms with Crippen LogP contribution in [0.3, 0.4) is 0 Å². The van der Waals surface area contributed by atoms with E-state index in [9.17, 15) is 9.50 Å². The molecule has 1 atom stereocenters. The number of hydrogen-bond donors (Lipinski definition) is 3. The Morgan fingerprint density at radius 2 is 1.93 bits per heavy atom. The Hall–Kier alpha value is -1.17. The zero-order valence-corrected chi connectivity index (χ0v) is 20.1. The predicted molar refractivity (Wildman–Crippen MR) is 129 cm³/mol. The van der Waals surface area contributed by atoms with Gasteiger partial charge in [0.25, 0.3) is 0 Å². The monoisotopic (exact) mass is 535 g/mol. The van der Waals surface area contributed by atoms with Crippen molar-refractivity contribution in [3.05, 3.63) is 30.1 Å². The normalized spacial score (nSPS) is 22.6. The number of anilines is 1. The number of benzene rings is 1. The van der Waals surface area contributed by atoms with Gasteiger partial charge in [0, 0.05) is 77.2 Å². The molecule has 2 heterocycles. The summed E-state index contributed by atoms with van der Waals surface area (Å²) in [5.41, 5.74) is 1.09. The first-order chi connectivity index (χ1) is 14.1. The van der Waals surface area contributed by atoms with Crippen LogP contribution in [0.4, 0.5) is 10.1 Å². The molecule has 2 aliphatic rings. The van der Waals surface area contributed by atoms with Gasteiger partial charge in [0.2, 0.25) is 0 Å². The van der Waals surface area contributed by atoms with Gasteiger partial charge < -0.3 is 25.4 Å². The first kappa shape index (κ1) is 25.1. The number of hydrogen-bond acceptors (Lipinski definition) is 5. The molecule has 0 bridgehead atoms. The van der Waals surface area contributed by atoms with Crippen molar-refractivity contribution in [3.63, 3.8) is 0 Å². The second kappa shape index (κ2) is 12.6. The van der Waals surface area contributed by atoms with Crippen LogP contribution in [0.5, 0.6) is 0 Å². The molecule has 7 nitrogen and oxygen atoms in total. The van der Waals surface area contributed by atoms with Gasteiger partial charge in [0.15, 0.2) is 5.96 Å². The van der Waals surface area contributed by atoms with Crippen molar-refractivity contribution in [1.29, 1.82) is 0 Å². The molecule has 0 spiro atoms. The van der Waals surface area contributed by atoms with Crippen LogP contribution in [0.15, 0.2) is 29.3 Å². The lowest BCUT2D eigenvalue weighted by molar-refractivity contribution is 0.127. The third-order valence-corrected chi connectivity index (χ3v) is 5.97. The highest BCUT2D eigenvalue weighted by molar-refractivity contribution is 14.0. The standard InChI is InChI=1S/C21H34FN5O2.HI/c1-23-20(25-16-21(6-14-28)7-15-29-17-21)24-8-9-26-10-12-27(13-11-26)19-4-2-18(22)3-5-19;/h2-5,28H,6-17H2,1H3,(H2,23,24,25);1H. The SMILES string of the molecule is CN=C(NCCN1CCN(c2ccc(F)cc2)CC1)NCC1(CCO)CCOC1.I. The van der Waals surface area contributed by atoms with Crippen LogP contribution in [-0.4, -0.2) is 88.6 Å². The van der Waals surface area contributed by atoms with E-state index in [1.54, 1.807) is 7.05 Å². The maximum atomic E-state index is 13.1. The van der Waals surface area contributed by atoms with Gasteiger partial charge in [-0.2, -0.15) is 0 Å². The fourth-order valence-electron chi connectivity index (χ4n) is 4.02. The predicted octanol–water partition coefficient (Wildman–Crippen LogP) is 1.52. The Balaban J connectivity index is 0.00000320. The van der Waals surface area contributed by atoms with Gasteiger partial charge in [-0.05, 0) is 37.1 Å². The van der Waals surface area contributed by atoms with Gasteiger partial charge in [-0.15, -0.1) is 24.0 Å². The van der Waals surface area contributed by atoms with Crippen LogP contribution in [0, 0.1) is 11.2 Å². The number of ether oxygens (including phenoxy) is 1. The van der Waals surface area contributed by atoms with E-state index in [-0.39, 0.29) is 41.8 Å². The van der Waals surface area contributed by atoms with Crippen molar-refractivity contribution in [2.75, 3.05) is 77.6 Å². The Morgan fingerprint density at radius 1 is 1.20 bits per heavy atom. The Bertz CT molecular complexity index is 647. The summed E-state index contributed by atoms with van der Waals surface area (Å²) in [5.74, 6) is 0.599. The number of guanidine groups is 1. The van der Waals surface area contributed by atoms with Gasteiger partial charge in [-0.1, -0.05) is 0 Å². The smallest absolute Gasteiger partial charge is 0.191 e. The molecule has 3 rings (SSSR count). The van der Waals surface area contributed by atoms with E-state index >= 15 is 0 Å². The molecule has 1 aromatic rings. The van der Waals surface area contributed by atoms with E-state index in [1.165, 1.54) is 12.1 Å². The molecule has 1 unspecified atom stereocenters. The van der Waals surface area contributed by atoms with Crippen molar-refractivity contribution < 1.29 is 14.2 Å². The van der Waals surface area contributed by atoms with Crippen molar-refractivity contribution in [2.45, 2.75) is 12.8 Å². The highest BCUT2D eigenvalue weighted by atomic mass is 127. The number of piperazine rings is 1. The maximum Gasteiger partial charge on any atom is 0.191 e. The zero-order chi connectivity index (χ0) is 20.5. The fraction of sp³-hybridized carbons (Fsp3) is 0.667. The van der Waals surface area contributed by atoms with Gasteiger partial charge in [-0.3, -0.25) is 9.89 Å². The summed E-state index contributed by atoms with van der Waals surface area (Å²) in [7, 11) is 1.78. The first-order valence-electron chi connectivity index (χ1n) is 10.5. The number of nitrogens with one attached hydrogen (secondary N) is 2. The largest absolute Gasteiger partial charge is 0.396 e. The third kappa shape index (κ3) is 7.21. The number of aliphatic imine (C=N–C) groups is 1. The molecule has 2 aliphatic heterocycles.